The van der Waals surface area contributed by atoms with Gasteiger partial charge in [0.05, 0.1) is 18.5 Å². The van der Waals surface area contributed by atoms with Gasteiger partial charge in [-0.25, -0.2) is 15.2 Å². The highest BCUT2D eigenvalue weighted by Crippen LogP contribution is 2.22. The number of aromatic amines is 2. The van der Waals surface area contributed by atoms with Crippen molar-refractivity contribution in [3.8, 4) is 5.75 Å². The van der Waals surface area contributed by atoms with E-state index >= 15 is 0 Å². The van der Waals surface area contributed by atoms with Crippen molar-refractivity contribution in [3.05, 3.63) is 84.1 Å². The molecule has 534 valence electrons. The first-order chi connectivity index (χ1) is 46.3. The van der Waals surface area contributed by atoms with Gasteiger partial charge in [-0.05, 0) is 94.5 Å². The van der Waals surface area contributed by atoms with Crippen molar-refractivity contribution < 1.29 is 82.0 Å². The minimum absolute atomic E-state index is 0.00819. The average molecular weight is 1370 g/mol. The number of primary amides is 1. The number of imidazole rings is 1. The number of rotatable bonds is 32. The number of aliphatic imine (C=N–C) groups is 1. The van der Waals surface area contributed by atoms with E-state index in [0.717, 1.165) is 13.8 Å². The minimum atomic E-state index is -1.80. The number of aromatic hydroxyl groups is 1. The van der Waals surface area contributed by atoms with Crippen molar-refractivity contribution in [2.75, 3.05) is 26.3 Å². The van der Waals surface area contributed by atoms with Crippen LogP contribution in [0.4, 0.5) is 4.79 Å². The number of carbonyl (C=O) groups excluding carboxylic acids is 12. The molecular formula is C63H90N18O17. The molecule has 98 heavy (non-hydrogen) atoms. The molecule has 0 bridgehead atoms. The molecule has 2 aliphatic rings. The van der Waals surface area contributed by atoms with Crippen LogP contribution in [-0.4, -0.2) is 199 Å². The summed E-state index contributed by atoms with van der Waals surface area (Å²) >= 11 is 0. The molecule has 6 rings (SSSR count). The first kappa shape index (κ1) is 77.8. The van der Waals surface area contributed by atoms with Gasteiger partial charge in [0.25, 0.3) is 11.9 Å². The molecule has 0 radical (unpaired) electrons. The van der Waals surface area contributed by atoms with Gasteiger partial charge in [-0.3, -0.25) is 68.0 Å². The van der Waals surface area contributed by atoms with Crippen LogP contribution in [0.25, 0.3) is 10.9 Å². The molecule has 2 saturated heterocycles. The molecule has 2 fully saturated rings. The second-order valence-electron chi connectivity index (χ2n) is 24.8. The molecule has 35 heteroatoms. The third kappa shape index (κ3) is 26.0. The Morgan fingerprint density at radius 2 is 1.28 bits per heavy atom. The van der Waals surface area contributed by atoms with E-state index in [2.05, 4.69) is 67.9 Å². The number of nitrogens with two attached hydrogens (primary N) is 3. The van der Waals surface area contributed by atoms with Crippen LogP contribution in [0.5, 0.6) is 5.75 Å². The van der Waals surface area contributed by atoms with Crippen molar-refractivity contribution >= 4 is 93.9 Å². The molecular weight excluding hydrogens is 1280 g/mol. The molecule has 4 aromatic rings. The number of likely N-dealkylation sites (tertiary alicyclic amines) is 1. The number of guanidine groups is 1. The number of para-hydroxylation sites is 1. The zero-order chi connectivity index (χ0) is 72.4. The summed E-state index contributed by atoms with van der Waals surface area (Å²) in [4.78, 5) is 190. The largest absolute Gasteiger partial charge is 0.508 e. The highest BCUT2D eigenvalue weighted by molar-refractivity contribution is 6.00. The van der Waals surface area contributed by atoms with Crippen molar-refractivity contribution in [1.82, 2.24) is 73.2 Å². The van der Waals surface area contributed by atoms with E-state index in [-0.39, 0.29) is 94.4 Å². The number of aromatic nitrogens is 3. The summed E-state index contributed by atoms with van der Waals surface area (Å²) in [5.74, 6) is -10.4. The van der Waals surface area contributed by atoms with E-state index in [4.69, 9.17) is 36.6 Å². The Hall–Kier alpha value is -10.9. The lowest BCUT2D eigenvalue weighted by molar-refractivity contribution is -0.145. The smallest absolute Gasteiger partial charge is 0.330 e. The fraction of sp³-hybridized carbons (Fsp3) is 0.508. The third-order valence-corrected chi connectivity index (χ3v) is 15.1. The van der Waals surface area contributed by atoms with Gasteiger partial charge in [0.15, 0.2) is 5.96 Å². The van der Waals surface area contributed by atoms with Gasteiger partial charge in [0, 0.05) is 81.6 Å². The zero-order valence-electron chi connectivity index (χ0n) is 55.6. The molecule has 9 atom stereocenters. The van der Waals surface area contributed by atoms with Crippen molar-refractivity contribution in [3.63, 3.8) is 0 Å². The Morgan fingerprint density at radius 1 is 0.704 bits per heavy atom. The standard InChI is InChI=1S/C61H86N18O15.C2H4O2/c1-32(2)23-42(51(84)70-41(13-9-21-66-59(62)63)58(91)79-22-10-14-48(79)57(90)77-78-60(64)92)71-56(89)47(30-94-61(4,5)6)76-52(85)43(24-34-15-17-37(81)18-16-34)72-55(88)46(29-93-33(3)80)75-53(86)44(25-35-27-67-39-12-8-7-11-38(35)39)73-54(87)45(26-36-28-65-31-68-36)74-50(83)40-19-20-49(82)69-40;1-2(3)4/h7-8,11-12,15-18,27-28,31-32,40-48,67,81H,9-10,13-14,19-26,29-30H2,1-6H3,(H,65,68)(H,69,82)(H,70,84)(H,71,89)(H,72,88)(H,73,87)(H,74,83)(H,75,86)(H,76,85)(H,77,90)(H4,62,63,66)(H3,64,78,92);1H3,(H,3,4)/t40-,41-,42-,43-,44-,45-,46+,47-,48-;/m0./s1. The number of urea groups is 1. The van der Waals surface area contributed by atoms with Crippen LogP contribution in [0.1, 0.15) is 110 Å². The quantitative estimate of drug-likeness (QED) is 0.00794. The number of esters is 1. The number of nitrogens with one attached hydrogen (secondary N) is 12. The number of ether oxygens (including phenoxy) is 2. The first-order valence-corrected chi connectivity index (χ1v) is 31.7. The monoisotopic (exact) mass is 1370 g/mol. The number of amides is 12. The molecule has 12 amide bonds. The lowest BCUT2D eigenvalue weighted by Gasteiger charge is -2.31. The van der Waals surface area contributed by atoms with Crippen LogP contribution in [0.3, 0.4) is 0 Å². The topological polar surface area (TPSA) is 539 Å². The van der Waals surface area contributed by atoms with E-state index in [1.807, 2.05) is 5.43 Å². The number of fused-ring (bicyclic) bond motifs is 1. The van der Waals surface area contributed by atoms with Gasteiger partial charge in [-0.1, -0.05) is 44.2 Å². The fourth-order valence-electron chi connectivity index (χ4n) is 10.4. The Morgan fingerprint density at radius 3 is 1.85 bits per heavy atom. The normalized spacial score (nSPS) is 16.3. The summed E-state index contributed by atoms with van der Waals surface area (Å²) in [6.45, 7) is 9.59. The fourth-order valence-corrected chi connectivity index (χ4v) is 10.4. The van der Waals surface area contributed by atoms with Gasteiger partial charge < -0.3 is 94.3 Å². The van der Waals surface area contributed by atoms with Crippen LogP contribution in [0.2, 0.25) is 0 Å². The number of phenols is 1. The number of carboxylic acids is 1. The molecule has 2 aliphatic heterocycles. The molecule has 0 unspecified atom stereocenters. The Balaban J connectivity index is 0.00000421. The second-order valence-corrected chi connectivity index (χ2v) is 24.8. The molecule has 0 aliphatic carbocycles. The van der Waals surface area contributed by atoms with E-state index < -0.39 is 144 Å². The van der Waals surface area contributed by atoms with E-state index in [9.17, 15) is 62.6 Å². The van der Waals surface area contributed by atoms with Crippen LogP contribution in [-0.2, 0) is 86.3 Å². The van der Waals surface area contributed by atoms with Crippen molar-refractivity contribution in [2.45, 2.75) is 173 Å². The number of H-pyrrole nitrogens is 2. The summed E-state index contributed by atoms with van der Waals surface area (Å²) in [5.41, 5.74) is 21.5. The van der Waals surface area contributed by atoms with Gasteiger partial charge in [-0.2, -0.15) is 0 Å². The number of phenolic OH excluding ortho intramolecular Hbond substituents is 1. The van der Waals surface area contributed by atoms with Gasteiger partial charge in [0.1, 0.15) is 66.7 Å². The number of nitrogens with zero attached hydrogens (tertiary/aromatic N) is 3. The van der Waals surface area contributed by atoms with Crippen LogP contribution in [0.15, 0.2) is 72.2 Å². The molecule has 20 N–H and O–H groups in total. The van der Waals surface area contributed by atoms with Crippen LogP contribution >= 0.6 is 0 Å². The molecule has 4 heterocycles. The average Bonchev–Trinajstić information content (AvgIpc) is 1.59. The molecule has 35 nitrogen and oxygen atoms in total. The molecule has 2 aromatic carbocycles. The lowest BCUT2D eigenvalue weighted by atomic mass is 10.0. The van der Waals surface area contributed by atoms with Crippen LogP contribution < -0.4 is 70.6 Å². The zero-order valence-corrected chi connectivity index (χ0v) is 55.6. The predicted molar refractivity (Wildman–Crippen MR) is 351 cm³/mol. The first-order valence-electron chi connectivity index (χ1n) is 31.7. The maximum atomic E-state index is 14.9. The predicted octanol–water partition coefficient (Wildman–Crippen LogP) is -2.44. The molecule has 2 aromatic heterocycles. The summed E-state index contributed by atoms with van der Waals surface area (Å²) in [5, 5.41) is 39.6. The summed E-state index contributed by atoms with van der Waals surface area (Å²) in [7, 11) is 0. The van der Waals surface area contributed by atoms with Crippen molar-refractivity contribution in [2.24, 2.45) is 28.1 Å². The SMILES string of the molecule is CC(=O)O.CC(=O)OC[C@@H](NC(=O)[C@H](Cc1c[nH]c2ccccc12)NC(=O)[C@H](Cc1cnc[nH]1)NC(=O)[C@@H]1CCC(=O)N1)C(=O)N[C@@H](Cc1ccc(O)cc1)C(=O)N[C@@H](COC(C)(C)C)C(=O)N[C@@H](CC(C)C)C(=O)N[C@@H](CCCN=C(N)N)C(=O)N1CCC[C@H]1C(=O)NNC(N)=O. The highest BCUT2D eigenvalue weighted by atomic mass is 16.5. The van der Waals surface area contributed by atoms with E-state index in [1.165, 1.54) is 41.7 Å². The Kier molecular flexibility index (Phi) is 29.7. The Labute approximate surface area is 564 Å². The van der Waals surface area contributed by atoms with Gasteiger partial charge >= 0.3 is 12.0 Å². The second kappa shape index (κ2) is 37.4. The van der Waals surface area contributed by atoms with E-state index in [0.29, 0.717) is 34.1 Å². The lowest BCUT2D eigenvalue weighted by Crippen LogP contribution is -2.62. The molecule has 0 saturated carbocycles. The number of aliphatic carboxylic acids is 1. The summed E-state index contributed by atoms with van der Waals surface area (Å²) < 4.78 is 11.3. The van der Waals surface area contributed by atoms with Crippen molar-refractivity contribution in [1.29, 1.82) is 0 Å². The van der Waals surface area contributed by atoms with Crippen LogP contribution in [0, 0.1) is 5.92 Å². The number of hydrazine groups is 1. The highest BCUT2D eigenvalue weighted by Gasteiger charge is 2.40. The third-order valence-electron chi connectivity index (χ3n) is 15.1. The maximum Gasteiger partial charge on any atom is 0.330 e. The molecule has 0 spiro atoms. The summed E-state index contributed by atoms with van der Waals surface area (Å²) in [6.07, 6.45) is 4.75. The number of carboxylic acid groups (broad SMARTS) is 1. The number of carbonyl (C=O) groups is 13. The van der Waals surface area contributed by atoms with Gasteiger partial charge in [0.2, 0.25) is 53.2 Å². The Bertz CT molecular complexity index is 3470. The minimum Gasteiger partial charge on any atom is -0.508 e. The summed E-state index contributed by atoms with van der Waals surface area (Å²) in [6, 6.07) is -0.949. The number of hydrogen-bond acceptors (Lipinski definition) is 18. The number of benzene rings is 2. The van der Waals surface area contributed by atoms with E-state index in [1.54, 1.807) is 65.1 Å². The van der Waals surface area contributed by atoms with Gasteiger partial charge in [-0.15, -0.1) is 0 Å². The maximum absolute atomic E-state index is 14.9. The number of hydrogen-bond donors (Lipinski definition) is 17.